The molecule has 1 aliphatic rings. The Kier molecular flexibility index (Phi) is 3.97. The van der Waals surface area contributed by atoms with Gasteiger partial charge in [-0.05, 0) is 51.8 Å². The number of nitrogens with zero attached hydrogens (tertiary/aromatic N) is 1. The lowest BCUT2D eigenvalue weighted by molar-refractivity contribution is 0.0652. The van der Waals surface area contributed by atoms with Crippen LogP contribution in [0.1, 0.15) is 24.2 Å². The van der Waals surface area contributed by atoms with Crippen molar-refractivity contribution in [2.75, 3.05) is 19.6 Å². The maximum atomic E-state index is 12.4. The van der Waals surface area contributed by atoms with Crippen LogP contribution in [0.3, 0.4) is 0 Å². The summed E-state index contributed by atoms with van der Waals surface area (Å²) in [7, 11) is 0. The molecule has 1 amide bonds. The van der Waals surface area contributed by atoms with Crippen LogP contribution in [0.2, 0.25) is 0 Å². The van der Waals surface area contributed by atoms with Gasteiger partial charge in [-0.3, -0.25) is 4.79 Å². The molecular weight excluding hydrogens is 368 g/mol. The molecule has 1 N–H and O–H groups in total. The summed E-state index contributed by atoms with van der Waals surface area (Å²) in [6.45, 7) is 6.59. The van der Waals surface area contributed by atoms with Crippen LogP contribution in [0.4, 0.5) is 0 Å². The summed E-state index contributed by atoms with van der Waals surface area (Å²) in [6, 6.07) is 1.88. The Bertz CT molecular complexity index is 445. The van der Waals surface area contributed by atoms with Crippen LogP contribution in [-0.4, -0.2) is 36.0 Å². The molecule has 0 radical (unpaired) electrons. The van der Waals surface area contributed by atoms with Gasteiger partial charge in [-0.15, -0.1) is 11.3 Å². The van der Waals surface area contributed by atoms with Crippen molar-refractivity contribution in [2.45, 2.75) is 19.4 Å². The van der Waals surface area contributed by atoms with Gasteiger partial charge in [0.15, 0.2) is 0 Å². The molecule has 0 saturated carbocycles. The van der Waals surface area contributed by atoms with Crippen LogP contribution in [0, 0.1) is 0 Å². The SMILES string of the molecule is CC1(C)CN(C(=O)c2cc(Br)sc2Br)CCN1. The van der Waals surface area contributed by atoms with Gasteiger partial charge in [0.05, 0.1) is 13.1 Å². The number of amides is 1. The number of halogens is 2. The second kappa shape index (κ2) is 4.99. The molecule has 3 nitrogen and oxygen atoms in total. The third kappa shape index (κ3) is 3.10. The first-order valence-electron chi connectivity index (χ1n) is 5.38. The molecule has 1 aliphatic heterocycles. The zero-order chi connectivity index (χ0) is 12.6. The molecule has 0 aliphatic carbocycles. The molecule has 0 atom stereocenters. The fourth-order valence-electron chi connectivity index (χ4n) is 1.97. The monoisotopic (exact) mass is 380 g/mol. The second-order valence-electron chi connectivity index (χ2n) is 4.78. The summed E-state index contributed by atoms with van der Waals surface area (Å²) in [5.41, 5.74) is 0.743. The third-order valence-corrected chi connectivity index (χ3v) is 5.09. The van der Waals surface area contributed by atoms with E-state index in [0.29, 0.717) is 0 Å². The molecule has 94 valence electrons. The lowest BCUT2D eigenvalue weighted by Gasteiger charge is -2.39. The van der Waals surface area contributed by atoms with E-state index in [4.69, 9.17) is 0 Å². The molecule has 1 fully saturated rings. The van der Waals surface area contributed by atoms with Crippen LogP contribution in [0.25, 0.3) is 0 Å². The highest BCUT2D eigenvalue weighted by Gasteiger charge is 2.30. The average Bonchev–Trinajstić information content (AvgIpc) is 2.55. The topological polar surface area (TPSA) is 32.3 Å². The van der Waals surface area contributed by atoms with Crippen molar-refractivity contribution >= 4 is 49.1 Å². The Labute approximate surface area is 122 Å². The molecule has 0 spiro atoms. The molecule has 0 aromatic carbocycles. The van der Waals surface area contributed by atoms with E-state index in [1.54, 1.807) is 0 Å². The Morgan fingerprint density at radius 3 is 2.76 bits per heavy atom. The van der Waals surface area contributed by atoms with Crippen molar-refractivity contribution in [3.8, 4) is 0 Å². The molecule has 0 unspecified atom stereocenters. The van der Waals surface area contributed by atoms with E-state index in [1.807, 2.05) is 11.0 Å². The molecule has 1 saturated heterocycles. The molecule has 0 bridgehead atoms. The second-order valence-corrected chi connectivity index (χ2v) is 8.52. The predicted molar refractivity (Wildman–Crippen MR) is 77.7 cm³/mol. The van der Waals surface area contributed by atoms with Gasteiger partial charge in [0, 0.05) is 25.2 Å². The van der Waals surface area contributed by atoms with Crippen LogP contribution in [0.15, 0.2) is 13.6 Å². The van der Waals surface area contributed by atoms with E-state index >= 15 is 0 Å². The summed E-state index contributed by atoms with van der Waals surface area (Å²) < 4.78 is 1.87. The normalized spacial score (nSPS) is 19.4. The Hall–Kier alpha value is 0.0900. The number of carbonyl (C=O) groups is 1. The highest BCUT2D eigenvalue weighted by Crippen LogP contribution is 2.33. The Balaban J connectivity index is 2.18. The van der Waals surface area contributed by atoms with Crippen molar-refractivity contribution in [2.24, 2.45) is 0 Å². The van der Waals surface area contributed by atoms with Gasteiger partial charge < -0.3 is 10.2 Å². The van der Waals surface area contributed by atoms with E-state index in [1.165, 1.54) is 11.3 Å². The van der Waals surface area contributed by atoms with Crippen LogP contribution in [0.5, 0.6) is 0 Å². The number of thiophene rings is 1. The van der Waals surface area contributed by atoms with Crippen LogP contribution < -0.4 is 5.32 Å². The molecule has 6 heteroatoms. The number of rotatable bonds is 1. The first-order chi connectivity index (χ1) is 7.89. The summed E-state index contributed by atoms with van der Waals surface area (Å²) >= 11 is 8.37. The van der Waals surface area contributed by atoms with E-state index in [9.17, 15) is 4.79 Å². The van der Waals surface area contributed by atoms with Crippen molar-refractivity contribution in [1.82, 2.24) is 10.2 Å². The van der Waals surface area contributed by atoms with Crippen molar-refractivity contribution < 1.29 is 4.79 Å². The quantitative estimate of drug-likeness (QED) is 0.810. The average molecular weight is 382 g/mol. The maximum absolute atomic E-state index is 12.4. The molecule has 1 aromatic rings. The number of piperazine rings is 1. The summed E-state index contributed by atoms with van der Waals surface area (Å²) in [6.07, 6.45) is 0. The Morgan fingerprint density at radius 2 is 2.24 bits per heavy atom. The zero-order valence-corrected chi connectivity index (χ0v) is 13.7. The minimum Gasteiger partial charge on any atom is -0.335 e. The summed E-state index contributed by atoms with van der Waals surface area (Å²) in [5, 5.41) is 3.40. The summed E-state index contributed by atoms with van der Waals surface area (Å²) in [5.74, 6) is 0.105. The van der Waals surface area contributed by atoms with Gasteiger partial charge in [0.1, 0.15) is 0 Å². The highest BCUT2D eigenvalue weighted by molar-refractivity contribution is 9.12. The zero-order valence-electron chi connectivity index (χ0n) is 9.72. The fourth-order valence-corrected chi connectivity index (χ4v) is 4.75. The smallest absolute Gasteiger partial charge is 0.256 e. The first-order valence-corrected chi connectivity index (χ1v) is 7.78. The van der Waals surface area contributed by atoms with Gasteiger partial charge in [-0.25, -0.2) is 0 Å². The van der Waals surface area contributed by atoms with E-state index in [2.05, 4.69) is 51.0 Å². The van der Waals surface area contributed by atoms with E-state index < -0.39 is 0 Å². The van der Waals surface area contributed by atoms with E-state index in [0.717, 1.165) is 32.8 Å². The predicted octanol–water partition coefficient (Wildman–Crippen LogP) is 3.10. The van der Waals surface area contributed by atoms with Gasteiger partial charge >= 0.3 is 0 Å². The largest absolute Gasteiger partial charge is 0.335 e. The van der Waals surface area contributed by atoms with Crippen molar-refractivity contribution in [1.29, 1.82) is 0 Å². The molecule has 2 rings (SSSR count). The molecular formula is C11H14Br2N2OS. The standard InChI is InChI=1S/C11H14Br2N2OS/c1-11(2)6-15(4-3-14-11)10(16)7-5-8(12)17-9(7)13/h5,14H,3-4,6H2,1-2H3. The summed E-state index contributed by atoms with van der Waals surface area (Å²) in [4.78, 5) is 14.3. The molecule has 2 heterocycles. The molecule has 17 heavy (non-hydrogen) atoms. The van der Waals surface area contributed by atoms with Crippen molar-refractivity contribution in [3.05, 3.63) is 19.2 Å². The number of hydrogen-bond donors (Lipinski definition) is 1. The minimum atomic E-state index is -0.00631. The van der Waals surface area contributed by atoms with Crippen molar-refractivity contribution in [3.63, 3.8) is 0 Å². The van der Waals surface area contributed by atoms with Gasteiger partial charge in [0.25, 0.3) is 5.91 Å². The number of nitrogens with one attached hydrogen (secondary N) is 1. The number of hydrogen-bond acceptors (Lipinski definition) is 3. The molecule has 1 aromatic heterocycles. The highest BCUT2D eigenvalue weighted by atomic mass is 79.9. The van der Waals surface area contributed by atoms with Crippen LogP contribution >= 0.6 is 43.2 Å². The fraction of sp³-hybridized carbons (Fsp3) is 0.545. The number of carbonyl (C=O) groups excluding carboxylic acids is 1. The van der Waals surface area contributed by atoms with Gasteiger partial charge in [-0.1, -0.05) is 0 Å². The van der Waals surface area contributed by atoms with Crippen LogP contribution in [-0.2, 0) is 0 Å². The third-order valence-electron chi connectivity index (χ3n) is 2.75. The Morgan fingerprint density at radius 1 is 1.53 bits per heavy atom. The maximum Gasteiger partial charge on any atom is 0.256 e. The lowest BCUT2D eigenvalue weighted by Crippen LogP contribution is -2.58. The first kappa shape index (κ1) is 13.5. The van der Waals surface area contributed by atoms with Gasteiger partial charge in [0.2, 0.25) is 0 Å². The minimum absolute atomic E-state index is 0.00631. The lowest BCUT2D eigenvalue weighted by atomic mass is 10.0. The van der Waals surface area contributed by atoms with Gasteiger partial charge in [-0.2, -0.15) is 0 Å². The van der Waals surface area contributed by atoms with E-state index in [-0.39, 0.29) is 11.4 Å².